The zero-order chi connectivity index (χ0) is 15.4. The van der Waals surface area contributed by atoms with Gasteiger partial charge in [-0.1, -0.05) is 19.1 Å². The van der Waals surface area contributed by atoms with E-state index in [1.165, 1.54) is 0 Å². The Hall–Kier alpha value is -1.88. The number of aliphatic hydroxyl groups is 1. The molecule has 0 spiro atoms. The van der Waals surface area contributed by atoms with Crippen molar-refractivity contribution >= 4 is 17.6 Å². The number of hydrogen-bond acceptors (Lipinski definition) is 3. The second kappa shape index (κ2) is 6.72. The fourth-order valence-electron chi connectivity index (χ4n) is 2.95. The normalized spacial score (nSPS) is 25.3. The van der Waals surface area contributed by atoms with Crippen LogP contribution in [0.2, 0.25) is 0 Å². The highest BCUT2D eigenvalue weighted by Crippen LogP contribution is 2.34. The number of amides is 1. The van der Waals surface area contributed by atoms with Crippen LogP contribution in [0, 0.1) is 17.8 Å². The van der Waals surface area contributed by atoms with E-state index < -0.39 is 17.8 Å². The molecular weight excluding hydrogens is 270 g/mol. The van der Waals surface area contributed by atoms with Crippen molar-refractivity contribution in [2.75, 3.05) is 5.32 Å². The predicted molar refractivity (Wildman–Crippen MR) is 78.6 cm³/mol. The minimum atomic E-state index is -0.897. The van der Waals surface area contributed by atoms with E-state index in [4.69, 9.17) is 5.11 Å². The minimum Gasteiger partial charge on any atom is -0.481 e. The lowest BCUT2D eigenvalue weighted by Gasteiger charge is -2.31. The summed E-state index contributed by atoms with van der Waals surface area (Å²) in [6.45, 7) is 1.93. The first-order valence-electron chi connectivity index (χ1n) is 7.24. The molecule has 3 N–H and O–H groups in total. The molecule has 0 aromatic heterocycles. The van der Waals surface area contributed by atoms with Crippen LogP contribution in [0.4, 0.5) is 5.69 Å². The Bertz CT molecular complexity index is 529. The average Bonchev–Trinajstić information content (AvgIpc) is 2.47. The van der Waals surface area contributed by atoms with E-state index in [9.17, 15) is 14.7 Å². The van der Waals surface area contributed by atoms with Crippen LogP contribution in [0.15, 0.2) is 24.3 Å². The molecule has 3 atom stereocenters. The molecular formula is C16H21NO4. The maximum atomic E-state index is 12.4. The van der Waals surface area contributed by atoms with Crippen molar-refractivity contribution < 1.29 is 19.8 Å². The Balaban J connectivity index is 2.09. The first kappa shape index (κ1) is 15.5. The Kier molecular flexibility index (Phi) is 4.96. The van der Waals surface area contributed by atoms with Crippen LogP contribution in [-0.4, -0.2) is 22.1 Å². The van der Waals surface area contributed by atoms with E-state index in [-0.39, 0.29) is 12.5 Å². The Labute approximate surface area is 124 Å². The smallest absolute Gasteiger partial charge is 0.307 e. The van der Waals surface area contributed by atoms with E-state index in [2.05, 4.69) is 5.32 Å². The first-order valence-corrected chi connectivity index (χ1v) is 7.24. The molecule has 1 amide bonds. The van der Waals surface area contributed by atoms with Gasteiger partial charge in [0.1, 0.15) is 0 Å². The molecule has 3 unspecified atom stereocenters. The summed E-state index contributed by atoms with van der Waals surface area (Å²) in [7, 11) is 0. The molecule has 1 aromatic rings. The van der Waals surface area contributed by atoms with Gasteiger partial charge < -0.3 is 15.5 Å². The molecule has 0 radical (unpaired) electrons. The van der Waals surface area contributed by atoms with Gasteiger partial charge in [0.2, 0.25) is 5.91 Å². The van der Waals surface area contributed by atoms with Crippen LogP contribution >= 0.6 is 0 Å². The number of hydrogen-bond donors (Lipinski definition) is 3. The fraction of sp³-hybridized carbons (Fsp3) is 0.500. The summed E-state index contributed by atoms with van der Waals surface area (Å²) in [5, 5.41) is 21.2. The molecule has 1 aliphatic rings. The molecule has 1 saturated carbocycles. The fourth-order valence-corrected chi connectivity index (χ4v) is 2.95. The molecule has 114 valence electrons. The van der Waals surface area contributed by atoms with Crippen LogP contribution in [0.5, 0.6) is 0 Å². The van der Waals surface area contributed by atoms with Gasteiger partial charge in [0.25, 0.3) is 0 Å². The van der Waals surface area contributed by atoms with Gasteiger partial charge in [-0.3, -0.25) is 9.59 Å². The van der Waals surface area contributed by atoms with Gasteiger partial charge in [-0.15, -0.1) is 0 Å². The van der Waals surface area contributed by atoms with Crippen molar-refractivity contribution in [3.63, 3.8) is 0 Å². The number of anilines is 1. The highest BCUT2D eigenvalue weighted by Gasteiger charge is 2.38. The van der Waals surface area contributed by atoms with Crippen LogP contribution in [0.25, 0.3) is 0 Å². The van der Waals surface area contributed by atoms with Gasteiger partial charge in [-0.2, -0.15) is 0 Å². The lowest BCUT2D eigenvalue weighted by Crippen LogP contribution is -2.38. The topological polar surface area (TPSA) is 86.6 Å². The molecule has 1 aliphatic carbocycles. The monoisotopic (exact) mass is 291 g/mol. The lowest BCUT2D eigenvalue weighted by atomic mass is 9.74. The van der Waals surface area contributed by atoms with Crippen molar-refractivity contribution in [3.05, 3.63) is 29.8 Å². The summed E-state index contributed by atoms with van der Waals surface area (Å²) in [6.07, 6.45) is 2.02. The number of carboxylic acids is 1. The summed E-state index contributed by atoms with van der Waals surface area (Å²) >= 11 is 0. The number of carbonyl (C=O) groups excluding carboxylic acids is 1. The standard InChI is InChI=1S/C16H21NO4/c1-10-5-6-13(14(7-10)16(20)21)15(19)17-12-4-2-3-11(8-12)9-18/h2-4,8,10,13-14,18H,5-7,9H2,1H3,(H,17,19)(H,20,21). The number of nitrogens with one attached hydrogen (secondary N) is 1. The molecule has 0 heterocycles. The van der Waals surface area contributed by atoms with Crippen LogP contribution < -0.4 is 5.32 Å². The molecule has 0 bridgehead atoms. The van der Waals surface area contributed by atoms with Crippen molar-refractivity contribution in [3.8, 4) is 0 Å². The molecule has 0 aliphatic heterocycles. The van der Waals surface area contributed by atoms with E-state index in [0.29, 0.717) is 30.0 Å². The van der Waals surface area contributed by atoms with Crippen molar-refractivity contribution in [2.45, 2.75) is 32.8 Å². The third-order valence-corrected chi connectivity index (χ3v) is 4.14. The number of benzene rings is 1. The van der Waals surface area contributed by atoms with Crippen molar-refractivity contribution in [1.82, 2.24) is 0 Å². The molecule has 2 rings (SSSR count). The van der Waals surface area contributed by atoms with Gasteiger partial charge in [0.15, 0.2) is 0 Å². The highest BCUT2D eigenvalue weighted by molar-refractivity contribution is 5.95. The van der Waals surface area contributed by atoms with Crippen LogP contribution in [0.1, 0.15) is 31.7 Å². The summed E-state index contributed by atoms with van der Waals surface area (Å²) in [6, 6.07) is 6.94. The highest BCUT2D eigenvalue weighted by atomic mass is 16.4. The van der Waals surface area contributed by atoms with Gasteiger partial charge in [0.05, 0.1) is 18.4 Å². The largest absolute Gasteiger partial charge is 0.481 e. The van der Waals surface area contributed by atoms with E-state index in [1.54, 1.807) is 24.3 Å². The number of rotatable bonds is 4. The molecule has 5 heteroatoms. The summed E-state index contributed by atoms with van der Waals surface area (Å²) in [4.78, 5) is 23.7. The molecule has 21 heavy (non-hydrogen) atoms. The number of carboxylic acid groups (broad SMARTS) is 1. The van der Waals surface area contributed by atoms with Crippen LogP contribution in [0.3, 0.4) is 0 Å². The van der Waals surface area contributed by atoms with Gasteiger partial charge >= 0.3 is 5.97 Å². The second-order valence-electron chi connectivity index (χ2n) is 5.82. The zero-order valence-corrected chi connectivity index (χ0v) is 12.1. The van der Waals surface area contributed by atoms with Crippen molar-refractivity contribution in [2.24, 2.45) is 17.8 Å². The van der Waals surface area contributed by atoms with Gasteiger partial charge in [-0.05, 0) is 42.9 Å². The Morgan fingerprint density at radius 1 is 1.29 bits per heavy atom. The number of aliphatic carboxylic acids is 1. The van der Waals surface area contributed by atoms with E-state index in [0.717, 1.165) is 6.42 Å². The number of aliphatic hydroxyl groups excluding tert-OH is 1. The third kappa shape index (κ3) is 3.82. The Morgan fingerprint density at radius 2 is 2.05 bits per heavy atom. The lowest BCUT2D eigenvalue weighted by molar-refractivity contribution is -0.148. The van der Waals surface area contributed by atoms with Crippen molar-refractivity contribution in [1.29, 1.82) is 0 Å². The van der Waals surface area contributed by atoms with E-state index >= 15 is 0 Å². The molecule has 5 nitrogen and oxygen atoms in total. The Morgan fingerprint density at radius 3 is 2.71 bits per heavy atom. The quantitative estimate of drug-likeness (QED) is 0.794. The SMILES string of the molecule is CC1CCC(C(=O)Nc2cccc(CO)c2)C(C(=O)O)C1. The van der Waals surface area contributed by atoms with Gasteiger partial charge in [0, 0.05) is 5.69 Å². The zero-order valence-electron chi connectivity index (χ0n) is 12.1. The van der Waals surface area contributed by atoms with Crippen LogP contribution in [-0.2, 0) is 16.2 Å². The first-order chi connectivity index (χ1) is 10.0. The van der Waals surface area contributed by atoms with Gasteiger partial charge in [-0.25, -0.2) is 0 Å². The third-order valence-electron chi connectivity index (χ3n) is 4.14. The maximum Gasteiger partial charge on any atom is 0.307 e. The second-order valence-corrected chi connectivity index (χ2v) is 5.82. The average molecular weight is 291 g/mol. The summed E-state index contributed by atoms with van der Waals surface area (Å²) < 4.78 is 0. The molecule has 1 aromatic carbocycles. The summed E-state index contributed by atoms with van der Waals surface area (Å²) in [5.74, 6) is -1.91. The maximum absolute atomic E-state index is 12.4. The molecule has 1 fully saturated rings. The minimum absolute atomic E-state index is 0.0948. The summed E-state index contributed by atoms with van der Waals surface area (Å²) in [5.41, 5.74) is 1.30. The molecule has 0 saturated heterocycles. The predicted octanol–water partition coefficient (Wildman–Crippen LogP) is 2.25. The van der Waals surface area contributed by atoms with E-state index in [1.807, 2.05) is 6.92 Å². The number of carbonyl (C=O) groups is 2.